The number of rotatable bonds is 7. The minimum absolute atomic E-state index is 0.455. The summed E-state index contributed by atoms with van der Waals surface area (Å²) in [6.45, 7) is 0. The zero-order valence-corrected chi connectivity index (χ0v) is 34.5. The van der Waals surface area contributed by atoms with Crippen molar-refractivity contribution in [1.29, 1.82) is 0 Å². The van der Waals surface area contributed by atoms with E-state index in [1.807, 2.05) is 12.1 Å². The summed E-state index contributed by atoms with van der Waals surface area (Å²) in [4.78, 5) is 10.4. The molecule has 0 aliphatic heterocycles. The van der Waals surface area contributed by atoms with E-state index < -0.39 is 5.41 Å². The summed E-state index contributed by atoms with van der Waals surface area (Å²) in [5.41, 5.74) is 17.0. The van der Waals surface area contributed by atoms with Gasteiger partial charge in [-0.15, -0.1) is 0 Å². The minimum atomic E-state index is -0.455. The molecule has 0 bridgehead atoms. The van der Waals surface area contributed by atoms with Crippen LogP contribution in [0.15, 0.2) is 243 Å². The lowest BCUT2D eigenvalue weighted by atomic mass is 9.67. The van der Waals surface area contributed by atoms with Crippen LogP contribution in [0.2, 0.25) is 0 Å². The third-order valence-corrected chi connectivity index (χ3v) is 13.0. The van der Waals surface area contributed by atoms with Crippen LogP contribution in [0.4, 0.5) is 0 Å². The number of hydrogen-bond acceptors (Lipinski definition) is 2. The van der Waals surface area contributed by atoms with Gasteiger partial charge < -0.3 is 0 Å². The Labute approximate surface area is 367 Å². The van der Waals surface area contributed by atoms with Gasteiger partial charge in [0.2, 0.25) is 0 Å². The van der Waals surface area contributed by atoms with Crippen LogP contribution >= 0.6 is 0 Å². The summed E-state index contributed by atoms with van der Waals surface area (Å²) in [5.74, 6) is 0.711. The molecule has 10 aromatic carbocycles. The Hall–Kier alpha value is -8.20. The van der Waals surface area contributed by atoms with Gasteiger partial charge >= 0.3 is 0 Å². The first-order chi connectivity index (χ1) is 31.2. The third-order valence-electron chi connectivity index (χ3n) is 13.0. The SMILES string of the molecule is c1ccc(-c2cc(-c3ccccc3)nc(-c3ccc(-c4ccc(-c5ccc6c(c5)-c5c(ccc7ccccc57)C6(c5ccccc5)c5ccccc5)cc4)c4ccccc34)n2)cc1. The lowest BCUT2D eigenvalue weighted by Gasteiger charge is -2.34. The fraction of sp³-hybridized carbons (Fsp3) is 0.0164. The predicted octanol–water partition coefficient (Wildman–Crippen LogP) is 15.5. The average molecular weight is 801 g/mol. The van der Waals surface area contributed by atoms with Crippen molar-refractivity contribution in [3.63, 3.8) is 0 Å². The molecule has 63 heavy (non-hydrogen) atoms. The van der Waals surface area contributed by atoms with E-state index in [0.717, 1.165) is 44.4 Å². The van der Waals surface area contributed by atoms with Crippen molar-refractivity contribution in [1.82, 2.24) is 9.97 Å². The molecule has 0 radical (unpaired) electrons. The molecule has 0 saturated heterocycles. The number of benzene rings is 10. The maximum absolute atomic E-state index is 5.18. The molecule has 0 N–H and O–H groups in total. The molecule has 1 heterocycles. The molecule has 0 fully saturated rings. The Bertz CT molecular complexity index is 3370. The highest BCUT2D eigenvalue weighted by Gasteiger charge is 2.46. The predicted molar refractivity (Wildman–Crippen MR) is 262 cm³/mol. The van der Waals surface area contributed by atoms with E-state index in [-0.39, 0.29) is 0 Å². The number of hydrogen-bond donors (Lipinski definition) is 0. The maximum Gasteiger partial charge on any atom is 0.161 e. The number of nitrogens with zero attached hydrogens (tertiary/aromatic N) is 2. The van der Waals surface area contributed by atoms with Gasteiger partial charge in [0, 0.05) is 16.7 Å². The van der Waals surface area contributed by atoms with Crippen molar-refractivity contribution < 1.29 is 0 Å². The van der Waals surface area contributed by atoms with Crippen molar-refractivity contribution in [3.8, 4) is 67.3 Å². The van der Waals surface area contributed by atoms with Crippen LogP contribution in [0, 0.1) is 0 Å². The Balaban J connectivity index is 0.969. The summed E-state index contributed by atoms with van der Waals surface area (Å²) in [6, 6.07) is 87.7. The van der Waals surface area contributed by atoms with Crippen LogP contribution < -0.4 is 0 Å². The topological polar surface area (TPSA) is 25.8 Å². The van der Waals surface area contributed by atoms with E-state index >= 15 is 0 Å². The molecule has 0 amide bonds. The molecule has 1 aliphatic carbocycles. The molecule has 12 rings (SSSR count). The first-order valence-electron chi connectivity index (χ1n) is 21.6. The average Bonchev–Trinajstić information content (AvgIpc) is 3.68. The van der Waals surface area contributed by atoms with E-state index in [2.05, 4.69) is 231 Å². The molecular formula is C61H40N2. The molecule has 1 aromatic heterocycles. The summed E-state index contributed by atoms with van der Waals surface area (Å²) in [5, 5.41) is 4.81. The first kappa shape index (κ1) is 36.6. The van der Waals surface area contributed by atoms with Crippen molar-refractivity contribution in [2.24, 2.45) is 0 Å². The van der Waals surface area contributed by atoms with Gasteiger partial charge in [0.05, 0.1) is 16.8 Å². The maximum atomic E-state index is 5.18. The van der Waals surface area contributed by atoms with Gasteiger partial charge in [-0.3, -0.25) is 0 Å². The lowest BCUT2D eigenvalue weighted by molar-refractivity contribution is 0.769. The molecule has 11 aromatic rings. The second kappa shape index (κ2) is 15.1. The van der Waals surface area contributed by atoms with Crippen LogP contribution in [0.5, 0.6) is 0 Å². The van der Waals surface area contributed by atoms with Gasteiger partial charge in [-0.1, -0.05) is 224 Å². The Morgan fingerprint density at radius 2 is 0.762 bits per heavy atom. The minimum Gasteiger partial charge on any atom is -0.228 e. The van der Waals surface area contributed by atoms with Gasteiger partial charge in [0.1, 0.15) is 0 Å². The van der Waals surface area contributed by atoms with Crippen LogP contribution in [0.1, 0.15) is 22.3 Å². The summed E-state index contributed by atoms with van der Waals surface area (Å²) >= 11 is 0. The highest BCUT2D eigenvalue weighted by molar-refractivity contribution is 6.06. The van der Waals surface area contributed by atoms with Gasteiger partial charge in [0.25, 0.3) is 0 Å². The quantitative estimate of drug-likeness (QED) is 0.160. The Morgan fingerprint density at radius 1 is 0.286 bits per heavy atom. The van der Waals surface area contributed by atoms with E-state index in [9.17, 15) is 0 Å². The molecule has 0 atom stereocenters. The van der Waals surface area contributed by atoms with Crippen LogP contribution in [-0.2, 0) is 5.41 Å². The largest absolute Gasteiger partial charge is 0.228 e. The number of fused-ring (bicyclic) bond motifs is 6. The smallest absolute Gasteiger partial charge is 0.161 e. The molecule has 2 heteroatoms. The van der Waals surface area contributed by atoms with E-state index in [0.29, 0.717) is 5.82 Å². The second-order valence-corrected chi connectivity index (χ2v) is 16.4. The van der Waals surface area contributed by atoms with E-state index in [1.165, 1.54) is 60.8 Å². The fourth-order valence-corrected chi connectivity index (χ4v) is 10.1. The van der Waals surface area contributed by atoms with Crippen LogP contribution in [0.25, 0.3) is 88.8 Å². The summed E-state index contributed by atoms with van der Waals surface area (Å²) < 4.78 is 0. The third kappa shape index (κ3) is 6.02. The monoisotopic (exact) mass is 800 g/mol. The van der Waals surface area contributed by atoms with Crippen molar-refractivity contribution >= 4 is 21.5 Å². The van der Waals surface area contributed by atoms with Gasteiger partial charge in [-0.2, -0.15) is 0 Å². The fourth-order valence-electron chi connectivity index (χ4n) is 10.1. The highest BCUT2D eigenvalue weighted by atomic mass is 14.9. The molecular weight excluding hydrogens is 761 g/mol. The van der Waals surface area contributed by atoms with Crippen molar-refractivity contribution in [2.75, 3.05) is 0 Å². The number of aromatic nitrogens is 2. The molecule has 0 spiro atoms. The molecule has 0 unspecified atom stereocenters. The Morgan fingerprint density at radius 3 is 1.38 bits per heavy atom. The van der Waals surface area contributed by atoms with Crippen LogP contribution in [-0.4, -0.2) is 9.97 Å². The zero-order chi connectivity index (χ0) is 41.7. The molecule has 1 aliphatic rings. The summed E-state index contributed by atoms with van der Waals surface area (Å²) in [7, 11) is 0. The lowest BCUT2D eigenvalue weighted by Crippen LogP contribution is -2.28. The van der Waals surface area contributed by atoms with Crippen molar-refractivity contribution in [2.45, 2.75) is 5.41 Å². The van der Waals surface area contributed by atoms with Gasteiger partial charge in [-0.25, -0.2) is 9.97 Å². The van der Waals surface area contributed by atoms with Gasteiger partial charge in [-0.05, 0) is 95.4 Å². The van der Waals surface area contributed by atoms with E-state index in [4.69, 9.17) is 9.97 Å². The molecule has 0 saturated carbocycles. The summed E-state index contributed by atoms with van der Waals surface area (Å²) in [6.07, 6.45) is 0. The zero-order valence-electron chi connectivity index (χ0n) is 34.5. The first-order valence-corrected chi connectivity index (χ1v) is 21.6. The second-order valence-electron chi connectivity index (χ2n) is 16.4. The standard InChI is InChI=1S/C61H40N2/c1-5-18-44(19-6-1)57-40-58(45-20-7-2-8-21-45)63-60(62-57)53-36-35-49(51-27-15-16-28-52(51)53)43-31-29-41(30-32-43)46-34-37-55-54(39-46)59-50-26-14-13-17-42(50)33-38-56(59)61(55,47-22-9-3-10-23-47)48-24-11-4-12-25-48/h1-40H. The molecule has 294 valence electrons. The Kier molecular flexibility index (Phi) is 8.76. The van der Waals surface area contributed by atoms with Gasteiger partial charge in [0.15, 0.2) is 5.82 Å². The van der Waals surface area contributed by atoms with E-state index in [1.54, 1.807) is 0 Å². The highest BCUT2D eigenvalue weighted by Crippen LogP contribution is 2.58. The normalized spacial score (nSPS) is 12.6. The van der Waals surface area contributed by atoms with Crippen LogP contribution in [0.3, 0.4) is 0 Å². The molecule has 2 nitrogen and oxygen atoms in total. The van der Waals surface area contributed by atoms with Crippen molar-refractivity contribution in [3.05, 3.63) is 265 Å².